The smallest absolute Gasteiger partial charge is 0.268 e. The van der Waals surface area contributed by atoms with Crippen molar-refractivity contribution in [2.45, 2.75) is 19.2 Å². The number of carbonyl (C=O) groups is 1. The molecule has 0 radical (unpaired) electrons. The number of nitrogens with one attached hydrogen (secondary N) is 2. The highest BCUT2D eigenvalue weighted by Crippen LogP contribution is 2.12. The lowest BCUT2D eigenvalue weighted by Gasteiger charge is -2.11. The second-order valence-electron chi connectivity index (χ2n) is 5.33. The van der Waals surface area contributed by atoms with Crippen LogP contribution in [0.4, 0.5) is 0 Å². The van der Waals surface area contributed by atoms with Crippen molar-refractivity contribution < 1.29 is 13.2 Å². The molecule has 2 aromatic rings. The van der Waals surface area contributed by atoms with Crippen LogP contribution >= 0.6 is 0 Å². The summed E-state index contributed by atoms with van der Waals surface area (Å²) in [6.45, 7) is 2.20. The highest BCUT2D eigenvalue weighted by atomic mass is 32.2. The Kier molecular flexibility index (Phi) is 5.23. The summed E-state index contributed by atoms with van der Waals surface area (Å²) in [4.78, 5) is 12.2. The van der Waals surface area contributed by atoms with Crippen LogP contribution in [0.15, 0.2) is 36.4 Å². The van der Waals surface area contributed by atoms with E-state index in [-0.39, 0.29) is 18.2 Å². The Morgan fingerprint density at radius 1 is 1.13 bits per heavy atom. The molecule has 1 amide bonds. The minimum absolute atomic E-state index is 0.112. The summed E-state index contributed by atoms with van der Waals surface area (Å²) >= 11 is 0. The Hall–Kier alpha value is -2.12. The topological polar surface area (TPSA) is 80.2 Å². The molecule has 23 heavy (non-hydrogen) atoms. The van der Waals surface area contributed by atoms with Crippen LogP contribution in [-0.2, 0) is 29.4 Å². The molecular formula is C16H21N3O3S. The van der Waals surface area contributed by atoms with Crippen LogP contribution in [0.3, 0.4) is 0 Å². The van der Waals surface area contributed by atoms with Crippen molar-refractivity contribution in [3.05, 3.63) is 58.9 Å². The third kappa shape index (κ3) is 4.20. The largest absolute Gasteiger partial charge is 0.347 e. The summed E-state index contributed by atoms with van der Waals surface area (Å²) in [5.74, 6) is -0.300. The molecular weight excluding hydrogens is 314 g/mol. The average molecular weight is 335 g/mol. The van der Waals surface area contributed by atoms with E-state index in [1.54, 1.807) is 18.2 Å². The molecule has 0 aliphatic rings. The molecule has 0 spiro atoms. The molecule has 6 nitrogen and oxygen atoms in total. The van der Waals surface area contributed by atoms with Crippen LogP contribution in [-0.4, -0.2) is 25.9 Å². The molecule has 0 aliphatic carbocycles. The van der Waals surface area contributed by atoms with Crippen LogP contribution in [0.5, 0.6) is 0 Å². The van der Waals surface area contributed by atoms with Gasteiger partial charge in [0.25, 0.3) is 5.91 Å². The van der Waals surface area contributed by atoms with Crippen molar-refractivity contribution in [3.8, 4) is 0 Å². The van der Waals surface area contributed by atoms with Crippen molar-refractivity contribution >= 4 is 15.9 Å². The highest BCUT2D eigenvalue weighted by Gasteiger charge is 2.14. The molecule has 0 fully saturated rings. The number of hydrogen-bond donors (Lipinski definition) is 2. The molecule has 0 saturated carbocycles. The number of nitrogens with zero attached hydrogens (tertiary/aromatic N) is 1. The van der Waals surface area contributed by atoms with E-state index in [0.717, 1.165) is 11.3 Å². The minimum Gasteiger partial charge on any atom is -0.347 e. The minimum atomic E-state index is -3.36. The summed E-state index contributed by atoms with van der Waals surface area (Å²) in [6.07, 6.45) is 0. The molecule has 0 unspecified atom stereocenters. The van der Waals surface area contributed by atoms with Gasteiger partial charge in [-0.2, -0.15) is 0 Å². The lowest BCUT2D eigenvalue weighted by Crippen LogP contribution is -2.26. The predicted octanol–water partition coefficient (Wildman–Crippen LogP) is 1.31. The van der Waals surface area contributed by atoms with E-state index >= 15 is 0 Å². The average Bonchev–Trinajstić information content (AvgIpc) is 2.85. The molecule has 2 N–H and O–H groups in total. The second-order valence-corrected chi connectivity index (χ2v) is 7.26. The van der Waals surface area contributed by atoms with Gasteiger partial charge >= 0.3 is 0 Å². The monoisotopic (exact) mass is 335 g/mol. The molecule has 0 saturated heterocycles. The fourth-order valence-electron chi connectivity index (χ4n) is 2.25. The van der Waals surface area contributed by atoms with E-state index in [4.69, 9.17) is 0 Å². The summed E-state index contributed by atoms with van der Waals surface area (Å²) in [5, 5.41) is 2.84. The van der Waals surface area contributed by atoms with E-state index in [1.807, 2.05) is 36.7 Å². The van der Waals surface area contributed by atoms with Gasteiger partial charge in [-0.05, 0) is 37.2 Å². The number of aromatic nitrogens is 1. The zero-order valence-corrected chi connectivity index (χ0v) is 14.3. The lowest BCUT2D eigenvalue weighted by atomic mass is 10.1. The first-order chi connectivity index (χ1) is 10.8. The Morgan fingerprint density at radius 3 is 2.35 bits per heavy atom. The quantitative estimate of drug-likeness (QED) is 0.835. The van der Waals surface area contributed by atoms with Crippen LogP contribution < -0.4 is 10.0 Å². The predicted molar refractivity (Wildman–Crippen MR) is 89.4 cm³/mol. The molecule has 0 bridgehead atoms. The fourth-order valence-corrected chi connectivity index (χ4v) is 3.09. The van der Waals surface area contributed by atoms with Crippen molar-refractivity contribution in [2.75, 3.05) is 7.05 Å². The van der Waals surface area contributed by atoms with Crippen LogP contribution in [0.25, 0.3) is 0 Å². The molecule has 1 aromatic heterocycles. The first-order valence-corrected chi connectivity index (χ1v) is 8.88. The zero-order chi connectivity index (χ0) is 17.0. The number of amides is 1. The Morgan fingerprint density at radius 2 is 1.78 bits per heavy atom. The summed E-state index contributed by atoms with van der Waals surface area (Å²) in [5.41, 5.74) is 3.02. The van der Waals surface area contributed by atoms with Gasteiger partial charge in [-0.3, -0.25) is 4.79 Å². The Balaban J connectivity index is 2.12. The van der Waals surface area contributed by atoms with Crippen molar-refractivity contribution in [2.24, 2.45) is 7.05 Å². The van der Waals surface area contributed by atoms with Gasteiger partial charge in [-0.25, -0.2) is 13.1 Å². The van der Waals surface area contributed by atoms with E-state index in [1.165, 1.54) is 7.05 Å². The fraction of sp³-hybridized carbons (Fsp3) is 0.312. The second kappa shape index (κ2) is 6.97. The van der Waals surface area contributed by atoms with Crippen molar-refractivity contribution in [1.82, 2.24) is 14.6 Å². The number of sulfonamides is 1. The van der Waals surface area contributed by atoms with Gasteiger partial charge in [0.05, 0.1) is 5.75 Å². The standard InChI is InChI=1S/C16H21N3O3S/c1-12-8-9-15(19(12)3)16(20)18-10-13-6-4-5-7-14(13)11-23(21,22)17-2/h4-9,17H,10-11H2,1-3H3,(H,18,20). The van der Waals surface area contributed by atoms with Crippen LogP contribution in [0.2, 0.25) is 0 Å². The van der Waals surface area contributed by atoms with Crippen LogP contribution in [0.1, 0.15) is 27.3 Å². The maximum atomic E-state index is 12.2. The Bertz CT molecular complexity index is 810. The zero-order valence-electron chi connectivity index (χ0n) is 13.5. The van der Waals surface area contributed by atoms with Gasteiger partial charge in [0.2, 0.25) is 10.0 Å². The normalized spacial score (nSPS) is 11.4. The van der Waals surface area contributed by atoms with Crippen LogP contribution in [0, 0.1) is 6.92 Å². The van der Waals surface area contributed by atoms with Crippen molar-refractivity contribution in [3.63, 3.8) is 0 Å². The van der Waals surface area contributed by atoms with E-state index in [2.05, 4.69) is 10.0 Å². The van der Waals surface area contributed by atoms with Gasteiger partial charge in [0.15, 0.2) is 0 Å². The van der Waals surface area contributed by atoms with Gasteiger partial charge < -0.3 is 9.88 Å². The van der Waals surface area contributed by atoms with E-state index in [0.29, 0.717) is 11.3 Å². The molecule has 7 heteroatoms. The maximum Gasteiger partial charge on any atom is 0.268 e. The third-order valence-electron chi connectivity index (χ3n) is 3.82. The van der Waals surface area contributed by atoms with E-state index < -0.39 is 10.0 Å². The summed E-state index contributed by atoms with van der Waals surface area (Å²) in [6, 6.07) is 10.8. The number of rotatable bonds is 6. The number of hydrogen-bond acceptors (Lipinski definition) is 3. The van der Waals surface area contributed by atoms with Gasteiger partial charge in [-0.15, -0.1) is 0 Å². The first kappa shape index (κ1) is 17.2. The van der Waals surface area contributed by atoms with Crippen molar-refractivity contribution in [1.29, 1.82) is 0 Å². The van der Waals surface area contributed by atoms with Gasteiger partial charge in [-0.1, -0.05) is 24.3 Å². The van der Waals surface area contributed by atoms with Gasteiger partial charge in [0, 0.05) is 19.3 Å². The number of carbonyl (C=O) groups excluding carboxylic acids is 1. The summed E-state index contributed by atoms with van der Waals surface area (Å²) < 4.78 is 27.6. The Labute approximate surface area is 136 Å². The maximum absolute atomic E-state index is 12.2. The molecule has 1 heterocycles. The molecule has 0 aliphatic heterocycles. The lowest BCUT2D eigenvalue weighted by molar-refractivity contribution is 0.0942. The number of aryl methyl sites for hydroxylation is 1. The molecule has 1 aromatic carbocycles. The van der Waals surface area contributed by atoms with Gasteiger partial charge in [0.1, 0.15) is 5.69 Å². The highest BCUT2D eigenvalue weighted by molar-refractivity contribution is 7.88. The first-order valence-electron chi connectivity index (χ1n) is 7.22. The number of benzene rings is 1. The summed E-state index contributed by atoms with van der Waals surface area (Å²) in [7, 11) is -0.139. The SMILES string of the molecule is CNS(=O)(=O)Cc1ccccc1CNC(=O)c1ccc(C)n1C. The van der Waals surface area contributed by atoms with E-state index in [9.17, 15) is 13.2 Å². The molecule has 124 valence electrons. The third-order valence-corrected chi connectivity index (χ3v) is 5.13. The molecule has 2 rings (SSSR count). The molecule has 0 atom stereocenters.